The summed E-state index contributed by atoms with van der Waals surface area (Å²) in [5.74, 6) is 0.379. The molecule has 1 aliphatic rings. The summed E-state index contributed by atoms with van der Waals surface area (Å²) >= 11 is 0. The highest BCUT2D eigenvalue weighted by molar-refractivity contribution is 5.65. The lowest BCUT2D eigenvalue weighted by molar-refractivity contribution is -0.0590. The Kier molecular flexibility index (Phi) is 3.28. The zero-order valence-electron chi connectivity index (χ0n) is 10.1. The molecule has 1 atom stereocenters. The normalized spacial score (nSPS) is 21.6. The number of primary amides is 1. The van der Waals surface area contributed by atoms with E-state index in [1.54, 1.807) is 0 Å². The van der Waals surface area contributed by atoms with Gasteiger partial charge in [0.2, 0.25) is 0 Å². The van der Waals surface area contributed by atoms with E-state index in [0.717, 1.165) is 19.5 Å². The lowest BCUT2D eigenvalue weighted by atomic mass is 9.74. The number of carbonyl (C=O) groups is 1. The van der Waals surface area contributed by atoms with E-state index in [-0.39, 0.29) is 5.41 Å². The van der Waals surface area contributed by atoms with Crippen LogP contribution in [0.25, 0.3) is 0 Å². The van der Waals surface area contributed by atoms with Crippen molar-refractivity contribution < 1.29 is 9.53 Å². The SMILES string of the molecule is CC(C)(C)CC(C)(OC(N)=O)C1CNC1. The summed E-state index contributed by atoms with van der Waals surface area (Å²) in [4.78, 5) is 10.9. The molecule has 0 aromatic heterocycles. The van der Waals surface area contributed by atoms with Gasteiger partial charge in [-0.3, -0.25) is 0 Å². The summed E-state index contributed by atoms with van der Waals surface area (Å²) in [7, 11) is 0. The molecule has 1 aliphatic heterocycles. The van der Waals surface area contributed by atoms with Crippen molar-refractivity contribution in [3.63, 3.8) is 0 Å². The Morgan fingerprint density at radius 2 is 1.93 bits per heavy atom. The van der Waals surface area contributed by atoms with E-state index < -0.39 is 11.7 Å². The average molecular weight is 214 g/mol. The quantitative estimate of drug-likeness (QED) is 0.748. The third-order valence-corrected chi connectivity index (χ3v) is 2.86. The van der Waals surface area contributed by atoms with Crippen molar-refractivity contribution in [2.75, 3.05) is 13.1 Å². The highest BCUT2D eigenvalue weighted by Crippen LogP contribution is 2.36. The van der Waals surface area contributed by atoms with Crippen LogP contribution in [-0.2, 0) is 4.74 Å². The standard InChI is InChI=1S/C11H22N2O2/c1-10(2,3)7-11(4,15-9(12)14)8-5-13-6-8/h8,13H,5-7H2,1-4H3,(H2,12,14). The average Bonchev–Trinajstić information content (AvgIpc) is 1.70. The predicted molar refractivity (Wildman–Crippen MR) is 59.5 cm³/mol. The fourth-order valence-electron chi connectivity index (χ4n) is 2.27. The molecular formula is C11H22N2O2. The fraction of sp³-hybridized carbons (Fsp3) is 0.909. The minimum absolute atomic E-state index is 0.125. The van der Waals surface area contributed by atoms with Crippen molar-refractivity contribution in [1.82, 2.24) is 5.32 Å². The molecule has 3 N–H and O–H groups in total. The predicted octanol–water partition coefficient (Wildman–Crippen LogP) is 1.50. The first-order valence-corrected chi connectivity index (χ1v) is 5.42. The first-order valence-electron chi connectivity index (χ1n) is 5.42. The molecule has 0 aromatic rings. The lowest BCUT2D eigenvalue weighted by Crippen LogP contribution is -2.57. The number of nitrogens with one attached hydrogen (secondary N) is 1. The Bertz CT molecular complexity index is 243. The van der Waals surface area contributed by atoms with Crippen LogP contribution in [0.2, 0.25) is 0 Å². The lowest BCUT2D eigenvalue weighted by Gasteiger charge is -2.45. The van der Waals surface area contributed by atoms with Crippen LogP contribution in [-0.4, -0.2) is 24.8 Å². The number of hydrogen-bond acceptors (Lipinski definition) is 3. The molecule has 0 aromatic carbocycles. The largest absolute Gasteiger partial charge is 0.443 e. The van der Waals surface area contributed by atoms with E-state index in [1.165, 1.54) is 0 Å². The maximum absolute atomic E-state index is 10.9. The summed E-state index contributed by atoms with van der Waals surface area (Å²) < 4.78 is 5.32. The number of nitrogens with two attached hydrogens (primary N) is 1. The van der Waals surface area contributed by atoms with Crippen molar-refractivity contribution in [3.05, 3.63) is 0 Å². The van der Waals surface area contributed by atoms with E-state index in [2.05, 4.69) is 26.1 Å². The Morgan fingerprint density at radius 1 is 1.40 bits per heavy atom. The summed E-state index contributed by atoms with van der Waals surface area (Å²) in [5, 5.41) is 3.19. The Morgan fingerprint density at radius 3 is 2.20 bits per heavy atom. The molecule has 1 amide bonds. The molecule has 0 saturated carbocycles. The van der Waals surface area contributed by atoms with Gasteiger partial charge in [0, 0.05) is 19.0 Å². The molecule has 0 radical (unpaired) electrons. The van der Waals surface area contributed by atoms with Gasteiger partial charge in [-0.2, -0.15) is 0 Å². The van der Waals surface area contributed by atoms with Gasteiger partial charge in [0.1, 0.15) is 5.60 Å². The number of amides is 1. The topological polar surface area (TPSA) is 64.3 Å². The fourth-order valence-corrected chi connectivity index (χ4v) is 2.27. The van der Waals surface area contributed by atoms with Crippen molar-refractivity contribution in [2.24, 2.45) is 17.1 Å². The number of carbonyl (C=O) groups excluding carboxylic acids is 1. The zero-order valence-corrected chi connectivity index (χ0v) is 10.1. The summed E-state index contributed by atoms with van der Waals surface area (Å²) in [6.07, 6.45) is 0.156. The second-order valence-corrected chi connectivity index (χ2v) is 5.83. The number of rotatable bonds is 3. The number of ether oxygens (including phenoxy) is 1. The van der Waals surface area contributed by atoms with Crippen LogP contribution in [0.4, 0.5) is 4.79 Å². The van der Waals surface area contributed by atoms with E-state index in [4.69, 9.17) is 10.5 Å². The molecule has 4 nitrogen and oxygen atoms in total. The van der Waals surface area contributed by atoms with Gasteiger partial charge in [-0.15, -0.1) is 0 Å². The van der Waals surface area contributed by atoms with E-state index >= 15 is 0 Å². The van der Waals surface area contributed by atoms with Crippen molar-refractivity contribution in [2.45, 2.75) is 39.7 Å². The summed E-state index contributed by atoms with van der Waals surface area (Å²) in [5.41, 5.74) is 4.82. The van der Waals surface area contributed by atoms with Crippen LogP contribution in [0.3, 0.4) is 0 Å². The summed E-state index contributed by atoms with van der Waals surface area (Å²) in [6, 6.07) is 0. The van der Waals surface area contributed by atoms with Gasteiger partial charge in [0.05, 0.1) is 0 Å². The highest BCUT2D eigenvalue weighted by Gasteiger charge is 2.43. The first-order chi connectivity index (χ1) is 6.73. The van der Waals surface area contributed by atoms with Gasteiger partial charge in [-0.1, -0.05) is 20.8 Å². The minimum atomic E-state index is -0.673. The van der Waals surface area contributed by atoms with E-state index in [1.807, 2.05) is 6.92 Å². The molecule has 0 spiro atoms. The minimum Gasteiger partial charge on any atom is -0.443 e. The number of hydrogen-bond donors (Lipinski definition) is 2. The summed E-state index contributed by atoms with van der Waals surface area (Å²) in [6.45, 7) is 10.2. The second-order valence-electron chi connectivity index (χ2n) is 5.83. The van der Waals surface area contributed by atoms with Gasteiger partial charge < -0.3 is 15.8 Å². The Labute approximate surface area is 91.5 Å². The van der Waals surface area contributed by atoms with Crippen LogP contribution in [0.1, 0.15) is 34.1 Å². The monoisotopic (exact) mass is 214 g/mol. The van der Waals surface area contributed by atoms with Crippen LogP contribution in [0.15, 0.2) is 0 Å². The molecule has 1 heterocycles. The van der Waals surface area contributed by atoms with Crippen LogP contribution in [0.5, 0.6) is 0 Å². The molecule has 88 valence electrons. The Balaban J connectivity index is 2.70. The van der Waals surface area contributed by atoms with E-state index in [0.29, 0.717) is 5.92 Å². The molecule has 15 heavy (non-hydrogen) atoms. The molecule has 1 fully saturated rings. The maximum atomic E-state index is 10.9. The first kappa shape index (κ1) is 12.3. The van der Waals surface area contributed by atoms with Crippen molar-refractivity contribution in [1.29, 1.82) is 0 Å². The molecule has 1 unspecified atom stereocenters. The van der Waals surface area contributed by atoms with Gasteiger partial charge in [-0.25, -0.2) is 4.79 Å². The maximum Gasteiger partial charge on any atom is 0.405 e. The molecule has 0 aliphatic carbocycles. The van der Waals surface area contributed by atoms with Crippen molar-refractivity contribution in [3.8, 4) is 0 Å². The molecule has 0 bridgehead atoms. The van der Waals surface area contributed by atoms with Gasteiger partial charge in [0.25, 0.3) is 0 Å². The molecule has 1 saturated heterocycles. The van der Waals surface area contributed by atoms with E-state index in [9.17, 15) is 4.79 Å². The van der Waals surface area contributed by atoms with Gasteiger partial charge in [-0.05, 0) is 18.8 Å². The smallest absolute Gasteiger partial charge is 0.405 e. The van der Waals surface area contributed by atoms with Gasteiger partial charge >= 0.3 is 6.09 Å². The third-order valence-electron chi connectivity index (χ3n) is 2.86. The Hall–Kier alpha value is -0.770. The van der Waals surface area contributed by atoms with Crippen LogP contribution < -0.4 is 11.1 Å². The zero-order chi connectivity index (χ0) is 11.7. The van der Waals surface area contributed by atoms with Crippen LogP contribution in [0, 0.1) is 11.3 Å². The molecule has 1 rings (SSSR count). The van der Waals surface area contributed by atoms with Crippen molar-refractivity contribution >= 4 is 6.09 Å². The highest BCUT2D eigenvalue weighted by atomic mass is 16.6. The molecular weight excluding hydrogens is 192 g/mol. The van der Waals surface area contributed by atoms with Gasteiger partial charge in [0.15, 0.2) is 0 Å². The second kappa shape index (κ2) is 4.00. The van der Waals surface area contributed by atoms with Crippen LogP contribution >= 0.6 is 0 Å². The third kappa shape index (κ3) is 3.38. The molecule has 4 heteroatoms.